The Kier molecular flexibility index (Phi) is 8.19. The Labute approximate surface area is 188 Å². The third-order valence-corrected chi connectivity index (χ3v) is 6.42. The Morgan fingerprint density at radius 1 is 1.00 bits per heavy atom. The van der Waals surface area contributed by atoms with Gasteiger partial charge in [0.2, 0.25) is 0 Å². The summed E-state index contributed by atoms with van der Waals surface area (Å²) in [6.45, 7) is 7.29. The van der Waals surface area contributed by atoms with Crippen molar-refractivity contribution in [3.8, 4) is 0 Å². The van der Waals surface area contributed by atoms with Crippen LogP contribution in [0.1, 0.15) is 24.3 Å². The first-order valence-corrected chi connectivity index (χ1v) is 11.8. The second-order valence-corrected chi connectivity index (χ2v) is 8.90. The lowest BCUT2D eigenvalue weighted by atomic mass is 9.98. The molecule has 0 bridgehead atoms. The third-order valence-electron chi connectivity index (χ3n) is 5.38. The number of rotatable bonds is 9. The lowest BCUT2D eigenvalue weighted by molar-refractivity contribution is -0.327. The molecule has 0 saturated carbocycles. The zero-order chi connectivity index (χ0) is 21.5. The molecule has 4 rings (SSSR count). The maximum Gasteiger partial charge on any atom is 0.184 e. The summed E-state index contributed by atoms with van der Waals surface area (Å²) >= 11 is 1.72. The van der Waals surface area contributed by atoms with E-state index in [9.17, 15) is 0 Å². The molecule has 2 aliphatic rings. The minimum atomic E-state index is -0.453. The van der Waals surface area contributed by atoms with Crippen molar-refractivity contribution in [3.05, 3.63) is 84.4 Å². The monoisotopic (exact) mass is 442 g/mol. The normalized spacial score (nSPS) is 30.5. The van der Waals surface area contributed by atoms with Crippen LogP contribution in [0.15, 0.2) is 73.3 Å². The van der Waals surface area contributed by atoms with E-state index >= 15 is 0 Å². The fourth-order valence-electron chi connectivity index (χ4n) is 3.94. The van der Waals surface area contributed by atoms with Crippen LogP contribution in [0.5, 0.6) is 0 Å². The van der Waals surface area contributed by atoms with Crippen molar-refractivity contribution in [3.63, 3.8) is 0 Å². The molecule has 2 saturated heterocycles. The van der Waals surface area contributed by atoms with Crippen LogP contribution in [0.25, 0.3) is 0 Å². The summed E-state index contributed by atoms with van der Waals surface area (Å²) in [7, 11) is 0. The zero-order valence-electron chi connectivity index (χ0n) is 17.8. The van der Waals surface area contributed by atoms with Gasteiger partial charge in [0.15, 0.2) is 6.29 Å². The van der Waals surface area contributed by atoms with Crippen LogP contribution in [-0.4, -0.2) is 48.8 Å². The fraction of sp³-hybridized carbons (Fsp3) is 0.440. The number of hydrogen-bond donors (Lipinski definition) is 0. The van der Waals surface area contributed by atoms with Gasteiger partial charge in [0.25, 0.3) is 0 Å². The fourth-order valence-corrected chi connectivity index (χ4v) is 4.91. The molecular formula is C25H30O5S. The standard InChI is InChI=1S/C25H30O5S/c1-3-15-26-22-21-20(17-28-24(30-21)19-13-9-6-10-14-19)29-25(31-4-2)23(22)27-16-18-11-7-5-8-12-18/h3,5-14,20-25H,1,4,15-17H2,2H3/t20-,21+,22+,23-,24?,25+/m1/s1. The highest BCUT2D eigenvalue weighted by Crippen LogP contribution is 2.39. The maximum absolute atomic E-state index is 6.41. The van der Waals surface area contributed by atoms with Crippen molar-refractivity contribution in [2.75, 3.05) is 19.0 Å². The molecule has 6 heteroatoms. The van der Waals surface area contributed by atoms with Crippen molar-refractivity contribution < 1.29 is 23.7 Å². The van der Waals surface area contributed by atoms with Crippen molar-refractivity contribution in [1.82, 2.24) is 0 Å². The molecular weight excluding hydrogens is 412 g/mol. The van der Waals surface area contributed by atoms with Gasteiger partial charge in [0.05, 0.1) is 19.8 Å². The van der Waals surface area contributed by atoms with Crippen LogP contribution in [0, 0.1) is 0 Å². The SMILES string of the molecule is C=CCO[C@H]1[C@H]2OC(c3ccccc3)OC[C@H]2O[C@@H](SCC)[C@@H]1OCc1ccccc1. The van der Waals surface area contributed by atoms with Gasteiger partial charge in [-0.15, -0.1) is 18.3 Å². The van der Waals surface area contributed by atoms with Gasteiger partial charge in [-0.05, 0) is 11.3 Å². The number of thioether (sulfide) groups is 1. The van der Waals surface area contributed by atoms with Gasteiger partial charge < -0.3 is 23.7 Å². The molecule has 0 N–H and O–H groups in total. The number of benzene rings is 2. The van der Waals surface area contributed by atoms with Gasteiger partial charge in [-0.25, -0.2) is 0 Å². The molecule has 1 unspecified atom stereocenters. The van der Waals surface area contributed by atoms with E-state index in [1.165, 1.54) is 0 Å². The Morgan fingerprint density at radius 3 is 2.45 bits per heavy atom. The molecule has 2 aliphatic heterocycles. The highest BCUT2D eigenvalue weighted by Gasteiger charge is 2.51. The first-order valence-electron chi connectivity index (χ1n) is 10.8. The highest BCUT2D eigenvalue weighted by atomic mass is 32.2. The van der Waals surface area contributed by atoms with Crippen LogP contribution < -0.4 is 0 Å². The molecule has 2 fully saturated rings. The lowest BCUT2D eigenvalue weighted by Crippen LogP contribution is -2.62. The van der Waals surface area contributed by atoms with Gasteiger partial charge in [0, 0.05) is 5.56 Å². The second kappa shape index (κ2) is 11.3. The summed E-state index contributed by atoms with van der Waals surface area (Å²) in [6, 6.07) is 20.1. The van der Waals surface area contributed by atoms with E-state index in [1.807, 2.05) is 48.5 Å². The van der Waals surface area contributed by atoms with E-state index in [2.05, 4.69) is 25.6 Å². The van der Waals surface area contributed by atoms with Crippen molar-refractivity contribution in [2.24, 2.45) is 0 Å². The first kappa shape index (κ1) is 22.5. The van der Waals surface area contributed by atoms with Crippen LogP contribution >= 0.6 is 11.8 Å². The summed E-state index contributed by atoms with van der Waals surface area (Å²) in [6.07, 6.45) is 0.227. The second-order valence-electron chi connectivity index (χ2n) is 7.52. The Morgan fingerprint density at radius 2 is 1.74 bits per heavy atom. The molecule has 2 aromatic carbocycles. The quantitative estimate of drug-likeness (QED) is 0.523. The summed E-state index contributed by atoms with van der Waals surface area (Å²) in [4.78, 5) is 0. The number of hydrogen-bond acceptors (Lipinski definition) is 6. The van der Waals surface area contributed by atoms with E-state index in [-0.39, 0.29) is 29.9 Å². The van der Waals surface area contributed by atoms with Gasteiger partial charge >= 0.3 is 0 Å². The predicted octanol–water partition coefficient (Wildman–Crippen LogP) is 4.74. The minimum Gasteiger partial charge on any atom is -0.368 e. The summed E-state index contributed by atoms with van der Waals surface area (Å²) in [5, 5.41) is 0. The summed E-state index contributed by atoms with van der Waals surface area (Å²) < 4.78 is 31.5. The predicted molar refractivity (Wildman–Crippen MR) is 122 cm³/mol. The molecule has 31 heavy (non-hydrogen) atoms. The molecule has 0 spiro atoms. The van der Waals surface area contributed by atoms with Gasteiger partial charge in [-0.2, -0.15) is 0 Å². The van der Waals surface area contributed by atoms with E-state index in [4.69, 9.17) is 23.7 Å². The first-order chi connectivity index (χ1) is 15.3. The van der Waals surface area contributed by atoms with Crippen LogP contribution in [0.4, 0.5) is 0 Å². The molecule has 6 atom stereocenters. The smallest absolute Gasteiger partial charge is 0.184 e. The zero-order valence-corrected chi connectivity index (χ0v) is 18.6. The molecule has 2 heterocycles. The van der Waals surface area contributed by atoms with Gasteiger partial charge in [-0.1, -0.05) is 73.7 Å². The van der Waals surface area contributed by atoms with Crippen molar-refractivity contribution >= 4 is 11.8 Å². The molecule has 166 valence electrons. The van der Waals surface area contributed by atoms with E-state index in [1.54, 1.807) is 17.8 Å². The molecule has 0 aromatic heterocycles. The molecule has 0 aliphatic carbocycles. The minimum absolute atomic E-state index is 0.162. The van der Waals surface area contributed by atoms with E-state index in [0.717, 1.165) is 16.9 Å². The van der Waals surface area contributed by atoms with Crippen LogP contribution in [0.2, 0.25) is 0 Å². The Bertz CT molecular complexity index is 802. The third kappa shape index (κ3) is 5.58. The topological polar surface area (TPSA) is 46.2 Å². The molecule has 0 amide bonds. The van der Waals surface area contributed by atoms with Crippen molar-refractivity contribution in [1.29, 1.82) is 0 Å². The van der Waals surface area contributed by atoms with Gasteiger partial charge in [-0.3, -0.25) is 0 Å². The largest absolute Gasteiger partial charge is 0.368 e. The number of ether oxygens (including phenoxy) is 5. The summed E-state index contributed by atoms with van der Waals surface area (Å²) in [5.74, 6) is 0.912. The van der Waals surface area contributed by atoms with Gasteiger partial charge in [0.1, 0.15) is 29.9 Å². The molecule has 2 aromatic rings. The van der Waals surface area contributed by atoms with E-state index in [0.29, 0.717) is 19.8 Å². The highest BCUT2D eigenvalue weighted by molar-refractivity contribution is 7.99. The average molecular weight is 443 g/mol. The number of fused-ring (bicyclic) bond motifs is 1. The molecule has 0 radical (unpaired) electrons. The Hall–Kier alpha value is -1.67. The van der Waals surface area contributed by atoms with Crippen LogP contribution in [0.3, 0.4) is 0 Å². The lowest BCUT2D eigenvalue weighted by Gasteiger charge is -2.49. The average Bonchev–Trinajstić information content (AvgIpc) is 2.82. The van der Waals surface area contributed by atoms with Crippen molar-refractivity contribution in [2.45, 2.75) is 49.7 Å². The summed E-state index contributed by atoms with van der Waals surface area (Å²) in [5.41, 5.74) is 1.93. The molecule has 5 nitrogen and oxygen atoms in total. The van der Waals surface area contributed by atoms with E-state index < -0.39 is 6.29 Å². The maximum atomic E-state index is 6.41. The Balaban J connectivity index is 1.55. The van der Waals surface area contributed by atoms with Crippen LogP contribution in [-0.2, 0) is 30.3 Å².